The van der Waals surface area contributed by atoms with Gasteiger partial charge >= 0.3 is 0 Å². The summed E-state index contributed by atoms with van der Waals surface area (Å²) in [5, 5.41) is 8.13. The van der Waals surface area contributed by atoms with Gasteiger partial charge in [0.15, 0.2) is 5.78 Å². The molecule has 4 heterocycles. The summed E-state index contributed by atoms with van der Waals surface area (Å²) in [6.45, 7) is 5.36. The van der Waals surface area contributed by atoms with Crippen LogP contribution in [0.15, 0.2) is 47.3 Å². The van der Waals surface area contributed by atoms with Gasteiger partial charge in [0.2, 0.25) is 17.8 Å². The van der Waals surface area contributed by atoms with E-state index in [2.05, 4.69) is 48.2 Å². The van der Waals surface area contributed by atoms with Crippen LogP contribution in [0.1, 0.15) is 42.7 Å². The lowest BCUT2D eigenvalue weighted by Gasteiger charge is -2.27. The number of piperidine rings is 1. The SMILES string of the molecule is CC(=O)c1nn(CC(=O)N2[C@H](C(=O)Nc3nc(Br)ccc3C)C[C@@]3(C)C[C@@H]23)c2ccc(-c3cnc(N(C)C)nc3)cc12. The number of carbonyl (C=O) groups is 3. The molecule has 1 aliphatic carbocycles. The van der Waals surface area contributed by atoms with E-state index in [0.29, 0.717) is 33.7 Å². The van der Waals surface area contributed by atoms with Crippen molar-refractivity contribution in [1.29, 1.82) is 0 Å². The average molecular weight is 632 g/mol. The van der Waals surface area contributed by atoms with Gasteiger partial charge in [0.05, 0.1) is 5.52 Å². The minimum Gasteiger partial charge on any atom is -0.347 e. The molecule has 3 atom stereocenters. The van der Waals surface area contributed by atoms with Crippen molar-refractivity contribution in [3.63, 3.8) is 0 Å². The number of halogens is 1. The lowest BCUT2D eigenvalue weighted by atomic mass is 10.0. The zero-order valence-corrected chi connectivity index (χ0v) is 25.6. The number of nitrogens with one attached hydrogen (secondary N) is 1. The third kappa shape index (κ3) is 4.93. The number of aryl methyl sites for hydroxylation is 1. The first-order valence-corrected chi connectivity index (χ1v) is 14.5. The highest BCUT2D eigenvalue weighted by molar-refractivity contribution is 9.10. The molecule has 0 spiro atoms. The maximum atomic E-state index is 13.8. The molecule has 1 N–H and O–H groups in total. The summed E-state index contributed by atoms with van der Waals surface area (Å²) in [5.74, 6) is 0.394. The second-order valence-electron chi connectivity index (χ2n) is 11.6. The Labute approximate surface area is 251 Å². The molecule has 4 aromatic rings. The van der Waals surface area contributed by atoms with Gasteiger partial charge in [0, 0.05) is 50.4 Å². The van der Waals surface area contributed by atoms with Crippen LogP contribution in [0.25, 0.3) is 22.0 Å². The highest BCUT2D eigenvalue weighted by Crippen LogP contribution is 2.59. The molecule has 2 fully saturated rings. The number of rotatable bonds is 7. The summed E-state index contributed by atoms with van der Waals surface area (Å²) < 4.78 is 2.18. The second kappa shape index (κ2) is 10.3. The summed E-state index contributed by atoms with van der Waals surface area (Å²) in [4.78, 5) is 56.6. The number of anilines is 2. The van der Waals surface area contributed by atoms with Crippen molar-refractivity contribution in [3.05, 3.63) is 58.6 Å². The Morgan fingerprint density at radius 3 is 2.52 bits per heavy atom. The summed E-state index contributed by atoms with van der Waals surface area (Å²) in [7, 11) is 3.74. The van der Waals surface area contributed by atoms with Gasteiger partial charge in [0.1, 0.15) is 28.7 Å². The smallest absolute Gasteiger partial charge is 0.248 e. The number of nitrogens with zero attached hydrogens (tertiary/aromatic N) is 7. The number of pyridine rings is 1. The van der Waals surface area contributed by atoms with Gasteiger partial charge in [0.25, 0.3) is 0 Å². The first kappa shape index (κ1) is 28.0. The Kier molecular flexibility index (Phi) is 6.83. The predicted molar refractivity (Wildman–Crippen MR) is 162 cm³/mol. The van der Waals surface area contributed by atoms with Crippen LogP contribution in [0.2, 0.25) is 0 Å². The summed E-state index contributed by atoms with van der Waals surface area (Å²) >= 11 is 3.36. The molecule has 1 aliphatic heterocycles. The van der Waals surface area contributed by atoms with Crippen molar-refractivity contribution >= 4 is 56.2 Å². The van der Waals surface area contributed by atoms with Gasteiger partial charge in [-0.1, -0.05) is 19.1 Å². The zero-order chi connectivity index (χ0) is 29.9. The van der Waals surface area contributed by atoms with E-state index in [-0.39, 0.29) is 41.3 Å². The Hall–Kier alpha value is -4.19. The summed E-state index contributed by atoms with van der Waals surface area (Å²) in [6, 6.07) is 8.69. The average Bonchev–Trinajstić information content (AvgIpc) is 3.32. The number of hydrogen-bond donors (Lipinski definition) is 1. The maximum absolute atomic E-state index is 13.8. The van der Waals surface area contributed by atoms with Crippen LogP contribution < -0.4 is 10.2 Å². The molecule has 2 amide bonds. The van der Waals surface area contributed by atoms with E-state index in [1.165, 1.54) is 6.92 Å². The number of likely N-dealkylation sites (tertiary alicyclic amines) is 1. The van der Waals surface area contributed by atoms with E-state index < -0.39 is 6.04 Å². The molecular formula is C30H31BrN8O3. The van der Waals surface area contributed by atoms with Crippen LogP contribution in [0.3, 0.4) is 0 Å². The molecule has 0 bridgehead atoms. The number of benzene rings is 1. The number of Topliss-reactive ketones (excluding diaryl/α,β-unsaturated/α-hetero) is 1. The fraction of sp³-hybridized carbons (Fsp3) is 0.367. The van der Waals surface area contributed by atoms with E-state index in [0.717, 1.165) is 23.1 Å². The molecule has 0 radical (unpaired) electrons. The molecule has 3 aromatic heterocycles. The van der Waals surface area contributed by atoms with E-state index in [9.17, 15) is 14.4 Å². The topological polar surface area (TPSA) is 126 Å². The monoisotopic (exact) mass is 630 g/mol. The second-order valence-corrected chi connectivity index (χ2v) is 12.5. The summed E-state index contributed by atoms with van der Waals surface area (Å²) in [6.07, 6.45) is 4.91. The minimum atomic E-state index is -0.618. The third-order valence-electron chi connectivity index (χ3n) is 8.27. The fourth-order valence-electron chi connectivity index (χ4n) is 5.84. The standard InChI is InChI=1S/C30H31BrN8O3/c1-16-6-9-24(31)34-27(16)35-28(42)22-11-30(3)12-23(30)39(22)25(41)15-38-21-8-7-18(10-20(21)26(36-38)17(2)40)19-13-32-29(33-14-19)37(4)5/h6-10,13-14,22-23H,11-12,15H2,1-5H3,(H,34,35,42)/t22-,23+,30-/m0/s1. The van der Waals surface area contributed by atoms with Crippen LogP contribution in [0.5, 0.6) is 0 Å². The quantitative estimate of drug-likeness (QED) is 0.237. The highest BCUT2D eigenvalue weighted by atomic mass is 79.9. The van der Waals surface area contributed by atoms with Crippen molar-refractivity contribution in [2.45, 2.75) is 52.2 Å². The Balaban J connectivity index is 1.28. The van der Waals surface area contributed by atoms with Crippen molar-refractivity contribution in [3.8, 4) is 11.1 Å². The van der Waals surface area contributed by atoms with Gasteiger partial charge in [-0.15, -0.1) is 0 Å². The molecule has 42 heavy (non-hydrogen) atoms. The molecule has 2 aliphatic rings. The number of ketones is 1. The van der Waals surface area contributed by atoms with Gasteiger partial charge in [-0.2, -0.15) is 5.10 Å². The predicted octanol–water partition coefficient (Wildman–Crippen LogP) is 4.25. The van der Waals surface area contributed by atoms with E-state index in [1.807, 2.05) is 56.3 Å². The van der Waals surface area contributed by atoms with Crippen molar-refractivity contribution in [2.24, 2.45) is 5.41 Å². The minimum absolute atomic E-state index is 0.0110. The van der Waals surface area contributed by atoms with Crippen molar-refractivity contribution < 1.29 is 14.4 Å². The fourth-order valence-corrected chi connectivity index (χ4v) is 6.15. The molecular weight excluding hydrogens is 600 g/mol. The van der Waals surface area contributed by atoms with Gasteiger partial charge < -0.3 is 15.1 Å². The molecule has 1 saturated carbocycles. The van der Waals surface area contributed by atoms with Crippen LogP contribution >= 0.6 is 15.9 Å². The molecule has 1 aromatic carbocycles. The number of carbonyl (C=O) groups excluding carboxylic acids is 3. The van der Waals surface area contributed by atoms with Crippen LogP contribution in [-0.4, -0.2) is 73.4 Å². The molecule has 216 valence electrons. The normalized spacial score (nSPS) is 20.9. The van der Waals surface area contributed by atoms with E-state index in [1.54, 1.807) is 22.0 Å². The van der Waals surface area contributed by atoms with Gasteiger partial charge in [-0.3, -0.25) is 19.1 Å². The van der Waals surface area contributed by atoms with Crippen LogP contribution in [0.4, 0.5) is 11.8 Å². The number of amides is 2. The first-order chi connectivity index (χ1) is 19.9. The zero-order valence-electron chi connectivity index (χ0n) is 24.1. The van der Waals surface area contributed by atoms with Gasteiger partial charge in [-0.25, -0.2) is 15.0 Å². The Morgan fingerprint density at radius 1 is 1.10 bits per heavy atom. The molecule has 12 heteroatoms. The molecule has 6 rings (SSSR count). The lowest BCUT2D eigenvalue weighted by molar-refractivity contribution is -0.138. The largest absolute Gasteiger partial charge is 0.347 e. The van der Waals surface area contributed by atoms with Crippen LogP contribution in [0, 0.1) is 12.3 Å². The Bertz CT molecular complexity index is 1750. The Morgan fingerprint density at radius 2 is 1.83 bits per heavy atom. The van der Waals surface area contributed by atoms with Crippen molar-refractivity contribution in [1.82, 2.24) is 29.6 Å². The third-order valence-corrected chi connectivity index (χ3v) is 8.71. The van der Waals surface area contributed by atoms with E-state index in [4.69, 9.17) is 0 Å². The maximum Gasteiger partial charge on any atom is 0.248 e. The molecule has 0 unspecified atom stereocenters. The highest BCUT2D eigenvalue weighted by Gasteiger charge is 2.64. The number of aromatic nitrogens is 5. The van der Waals surface area contributed by atoms with Crippen molar-refractivity contribution in [2.75, 3.05) is 24.3 Å². The number of fused-ring (bicyclic) bond motifs is 2. The van der Waals surface area contributed by atoms with Crippen LogP contribution in [-0.2, 0) is 16.1 Å². The van der Waals surface area contributed by atoms with Gasteiger partial charge in [-0.05, 0) is 70.4 Å². The van der Waals surface area contributed by atoms with E-state index >= 15 is 0 Å². The molecule has 11 nitrogen and oxygen atoms in total. The lowest BCUT2D eigenvalue weighted by Crippen LogP contribution is -2.47. The number of hydrogen-bond acceptors (Lipinski definition) is 8. The molecule has 1 saturated heterocycles. The summed E-state index contributed by atoms with van der Waals surface area (Å²) in [5.41, 5.74) is 3.33. The first-order valence-electron chi connectivity index (χ1n) is 13.7.